The molecule has 150 valence electrons. The summed E-state index contributed by atoms with van der Waals surface area (Å²) in [6, 6.07) is 12.0. The highest BCUT2D eigenvalue weighted by atomic mass is 32.2. The van der Waals surface area contributed by atoms with Crippen molar-refractivity contribution in [2.75, 3.05) is 0 Å². The molecule has 0 unspecified atom stereocenters. The minimum Gasteiger partial charge on any atom is -0.457 e. The fraction of sp³-hybridized carbons (Fsp3) is 0.182. The first-order valence-corrected chi connectivity index (χ1v) is 10.4. The van der Waals surface area contributed by atoms with Gasteiger partial charge in [-0.05, 0) is 67.8 Å². The Morgan fingerprint density at radius 1 is 1.07 bits per heavy atom. The molecule has 0 aliphatic carbocycles. The molecule has 2 aromatic heterocycles. The van der Waals surface area contributed by atoms with E-state index in [1.165, 1.54) is 24.5 Å². The van der Waals surface area contributed by atoms with E-state index < -0.39 is 21.6 Å². The Morgan fingerprint density at radius 2 is 1.79 bits per heavy atom. The van der Waals surface area contributed by atoms with E-state index in [0.29, 0.717) is 5.56 Å². The number of pyridine rings is 1. The minimum atomic E-state index is -3.73. The van der Waals surface area contributed by atoms with Crippen LogP contribution >= 0.6 is 0 Å². The molecule has 1 aromatic carbocycles. The molecular weight excluding hydrogens is 388 g/mol. The summed E-state index contributed by atoms with van der Waals surface area (Å²) < 4.78 is 32.0. The third-order valence-corrected chi connectivity index (χ3v) is 5.58. The Balaban J connectivity index is 1.78. The van der Waals surface area contributed by atoms with Gasteiger partial charge in [-0.1, -0.05) is 18.2 Å². The smallest absolute Gasteiger partial charge is 0.331 e. The first-order valence-electron chi connectivity index (χ1n) is 9.00. The largest absolute Gasteiger partial charge is 0.457 e. The number of rotatable bonds is 5. The molecule has 0 aliphatic heterocycles. The molecule has 0 amide bonds. The first-order chi connectivity index (χ1) is 13.6. The number of carbonyl (C=O) groups is 1. The molecule has 0 N–H and O–H groups in total. The molecule has 0 saturated carbocycles. The number of carbonyl (C=O) groups excluding carboxylic acids is 1. The lowest BCUT2D eigenvalue weighted by molar-refractivity contribution is -0.148. The van der Waals surface area contributed by atoms with Crippen molar-refractivity contribution in [3.05, 3.63) is 78.9 Å². The van der Waals surface area contributed by atoms with E-state index in [4.69, 9.17) is 4.74 Å². The summed E-state index contributed by atoms with van der Waals surface area (Å²) in [5.41, 5.74) is 1.78. The lowest BCUT2D eigenvalue weighted by Crippen LogP contribution is -2.22. The van der Waals surface area contributed by atoms with E-state index in [-0.39, 0.29) is 4.90 Å². The lowest BCUT2D eigenvalue weighted by atomic mass is 10.1. The van der Waals surface area contributed by atoms with E-state index in [1.807, 2.05) is 12.1 Å². The van der Waals surface area contributed by atoms with Crippen molar-refractivity contribution >= 4 is 22.1 Å². The van der Waals surface area contributed by atoms with Gasteiger partial charge in [0, 0.05) is 30.9 Å². The van der Waals surface area contributed by atoms with E-state index >= 15 is 0 Å². The van der Waals surface area contributed by atoms with Crippen LogP contribution in [0.5, 0.6) is 0 Å². The van der Waals surface area contributed by atoms with Crippen LogP contribution in [0.3, 0.4) is 0 Å². The Kier molecular flexibility index (Phi) is 5.70. The molecule has 0 aliphatic rings. The van der Waals surface area contributed by atoms with Gasteiger partial charge in [0.2, 0.25) is 0 Å². The average molecular weight is 410 g/mol. The molecule has 3 rings (SSSR count). The number of aromatic nitrogens is 2. The highest BCUT2D eigenvalue weighted by Gasteiger charge is 2.17. The molecule has 0 bridgehead atoms. The average Bonchev–Trinajstić information content (AvgIpc) is 3.16. The summed E-state index contributed by atoms with van der Waals surface area (Å²) in [7, 11) is -3.73. The molecule has 29 heavy (non-hydrogen) atoms. The summed E-state index contributed by atoms with van der Waals surface area (Å²) in [5, 5.41) is 0. The summed E-state index contributed by atoms with van der Waals surface area (Å²) in [6.45, 7) is 5.34. The second kappa shape index (κ2) is 8.05. The zero-order valence-corrected chi connectivity index (χ0v) is 17.3. The SMILES string of the molecule is CC(C)(C)OC(=O)C=Cc1ccn(S(=O)(=O)c2ccc(-c3cccnc3)cc2)c1. The van der Waals surface area contributed by atoms with E-state index in [2.05, 4.69) is 4.98 Å². The second-order valence-electron chi connectivity index (χ2n) is 7.41. The monoisotopic (exact) mass is 410 g/mol. The number of nitrogens with zero attached hydrogens (tertiary/aromatic N) is 2. The van der Waals surface area contributed by atoms with Crippen LogP contribution in [0, 0.1) is 0 Å². The van der Waals surface area contributed by atoms with Crippen LogP contribution in [0.2, 0.25) is 0 Å². The molecule has 0 atom stereocenters. The number of esters is 1. The summed E-state index contributed by atoms with van der Waals surface area (Å²) in [6.07, 6.45) is 9.10. The Bertz CT molecular complexity index is 1120. The molecule has 6 nitrogen and oxygen atoms in total. The van der Waals surface area contributed by atoms with Crippen LogP contribution < -0.4 is 0 Å². The summed E-state index contributed by atoms with van der Waals surface area (Å²) >= 11 is 0. The van der Waals surface area contributed by atoms with Gasteiger partial charge in [-0.25, -0.2) is 17.2 Å². The predicted octanol–water partition coefficient (Wildman–Crippen LogP) is 4.14. The van der Waals surface area contributed by atoms with E-state index in [9.17, 15) is 13.2 Å². The van der Waals surface area contributed by atoms with Crippen LogP contribution in [0.15, 0.2) is 78.2 Å². The standard InChI is InChI=1S/C22H22N2O4S/c1-22(2,3)28-21(25)11-6-17-12-14-24(16-17)29(26,27)20-9-7-18(8-10-20)19-5-4-13-23-15-19/h4-16H,1-3H3. The zero-order valence-electron chi connectivity index (χ0n) is 16.4. The fourth-order valence-electron chi connectivity index (χ4n) is 2.62. The van der Waals surface area contributed by atoms with Gasteiger partial charge in [0.1, 0.15) is 5.60 Å². The number of ether oxygens (including phenoxy) is 1. The molecule has 0 saturated heterocycles. The second-order valence-corrected chi connectivity index (χ2v) is 9.26. The van der Waals surface area contributed by atoms with Gasteiger partial charge in [-0.3, -0.25) is 4.98 Å². The molecule has 0 fully saturated rings. The van der Waals surface area contributed by atoms with Crippen LogP contribution in [0.4, 0.5) is 0 Å². The van der Waals surface area contributed by atoms with Crippen molar-refractivity contribution < 1.29 is 17.9 Å². The van der Waals surface area contributed by atoms with Gasteiger partial charge >= 0.3 is 5.97 Å². The van der Waals surface area contributed by atoms with Crippen molar-refractivity contribution in [3.8, 4) is 11.1 Å². The molecule has 2 heterocycles. The van der Waals surface area contributed by atoms with Gasteiger partial charge < -0.3 is 4.74 Å². The predicted molar refractivity (Wildman–Crippen MR) is 112 cm³/mol. The molecule has 0 spiro atoms. The molecule has 3 aromatic rings. The quantitative estimate of drug-likeness (QED) is 0.467. The van der Waals surface area contributed by atoms with Crippen molar-refractivity contribution in [3.63, 3.8) is 0 Å². The number of hydrogen-bond acceptors (Lipinski definition) is 5. The fourth-order valence-corrected chi connectivity index (χ4v) is 3.82. The Morgan fingerprint density at radius 3 is 2.41 bits per heavy atom. The van der Waals surface area contributed by atoms with Crippen molar-refractivity contribution in [1.82, 2.24) is 8.96 Å². The van der Waals surface area contributed by atoms with Crippen LogP contribution in [0.25, 0.3) is 17.2 Å². The number of benzene rings is 1. The maximum atomic E-state index is 12.9. The minimum absolute atomic E-state index is 0.170. The van der Waals surface area contributed by atoms with Crippen LogP contribution in [0.1, 0.15) is 26.3 Å². The lowest BCUT2D eigenvalue weighted by Gasteiger charge is -2.17. The first kappa shape index (κ1) is 20.5. The Labute approximate surface area is 170 Å². The van der Waals surface area contributed by atoms with Gasteiger partial charge in [-0.2, -0.15) is 0 Å². The summed E-state index contributed by atoms with van der Waals surface area (Å²) in [4.78, 5) is 16.0. The van der Waals surface area contributed by atoms with Gasteiger partial charge in [0.25, 0.3) is 10.0 Å². The zero-order chi connectivity index (χ0) is 21.1. The third kappa shape index (κ3) is 5.20. The van der Waals surface area contributed by atoms with E-state index in [1.54, 1.807) is 63.5 Å². The van der Waals surface area contributed by atoms with Gasteiger partial charge in [0.05, 0.1) is 4.90 Å². The normalized spacial score (nSPS) is 12.2. The maximum absolute atomic E-state index is 12.9. The molecular formula is C22H22N2O4S. The topological polar surface area (TPSA) is 78.3 Å². The van der Waals surface area contributed by atoms with Crippen LogP contribution in [-0.2, 0) is 19.6 Å². The van der Waals surface area contributed by atoms with Crippen molar-refractivity contribution in [1.29, 1.82) is 0 Å². The van der Waals surface area contributed by atoms with Crippen molar-refractivity contribution in [2.45, 2.75) is 31.3 Å². The highest BCUT2D eigenvalue weighted by molar-refractivity contribution is 7.90. The van der Waals surface area contributed by atoms with Crippen LogP contribution in [-0.4, -0.2) is 28.9 Å². The summed E-state index contributed by atoms with van der Waals surface area (Å²) in [5.74, 6) is -0.487. The maximum Gasteiger partial charge on any atom is 0.331 e. The highest BCUT2D eigenvalue weighted by Crippen LogP contribution is 2.22. The number of hydrogen-bond donors (Lipinski definition) is 0. The van der Waals surface area contributed by atoms with E-state index in [0.717, 1.165) is 15.1 Å². The van der Waals surface area contributed by atoms with Gasteiger partial charge in [-0.15, -0.1) is 0 Å². The molecule has 7 heteroatoms. The molecule has 0 radical (unpaired) electrons. The van der Waals surface area contributed by atoms with Gasteiger partial charge in [0.15, 0.2) is 0 Å². The van der Waals surface area contributed by atoms with Crippen molar-refractivity contribution in [2.24, 2.45) is 0 Å². The third-order valence-electron chi connectivity index (χ3n) is 3.93. The Hall–Kier alpha value is -3.19.